The van der Waals surface area contributed by atoms with Crippen molar-refractivity contribution in [3.05, 3.63) is 42.0 Å². The van der Waals surface area contributed by atoms with E-state index in [1.807, 2.05) is 36.4 Å². The van der Waals surface area contributed by atoms with Crippen LogP contribution in [-0.4, -0.2) is 40.0 Å². The minimum atomic E-state index is -3.38. The number of benzene rings is 1. The zero-order valence-electron chi connectivity index (χ0n) is 19.6. The summed E-state index contributed by atoms with van der Waals surface area (Å²) in [6.07, 6.45) is 7.74. The van der Waals surface area contributed by atoms with Gasteiger partial charge in [-0.1, -0.05) is 90.8 Å². The molecule has 0 aromatic heterocycles. The van der Waals surface area contributed by atoms with Gasteiger partial charge in [0.15, 0.2) is 0 Å². The summed E-state index contributed by atoms with van der Waals surface area (Å²) in [6.45, 7) is 14.4. The number of hydrogen-bond acceptors (Lipinski definition) is 2. The highest BCUT2D eigenvalue weighted by atomic mass is 31.2. The van der Waals surface area contributed by atoms with Gasteiger partial charge in [0.1, 0.15) is 0 Å². The smallest absolute Gasteiger partial charge is 0.283 e. The van der Waals surface area contributed by atoms with Crippen LogP contribution in [-0.2, 0) is 9.36 Å². The van der Waals surface area contributed by atoms with E-state index in [9.17, 15) is 9.36 Å². The Balaban J connectivity index is 2.03. The van der Waals surface area contributed by atoms with Crippen LogP contribution in [0, 0.1) is 10.8 Å². The van der Waals surface area contributed by atoms with E-state index in [0.717, 1.165) is 31.2 Å². The Morgan fingerprint density at radius 1 is 0.933 bits per heavy atom. The van der Waals surface area contributed by atoms with Crippen molar-refractivity contribution < 1.29 is 9.36 Å². The molecule has 0 radical (unpaired) electrons. The third kappa shape index (κ3) is 5.15. The van der Waals surface area contributed by atoms with E-state index in [4.69, 9.17) is 0 Å². The zero-order valence-corrected chi connectivity index (χ0v) is 20.5. The molecule has 1 aromatic carbocycles. The summed E-state index contributed by atoms with van der Waals surface area (Å²) in [6, 6.07) is 10.2. The minimum Gasteiger partial charge on any atom is -0.283 e. The first-order valence-electron chi connectivity index (χ1n) is 11.3. The third-order valence-electron chi connectivity index (χ3n) is 5.93. The van der Waals surface area contributed by atoms with Crippen LogP contribution in [0.5, 0.6) is 0 Å². The van der Waals surface area contributed by atoms with Gasteiger partial charge in [0, 0.05) is 25.2 Å². The summed E-state index contributed by atoms with van der Waals surface area (Å²) in [5, 5.41) is 0. The molecule has 5 heteroatoms. The highest BCUT2D eigenvalue weighted by molar-refractivity contribution is 7.77. The number of rotatable bonds is 5. The maximum absolute atomic E-state index is 14.8. The predicted molar refractivity (Wildman–Crippen MR) is 126 cm³/mol. The average molecular weight is 431 g/mol. The molecule has 30 heavy (non-hydrogen) atoms. The lowest BCUT2D eigenvalue weighted by molar-refractivity contribution is -0.108. The summed E-state index contributed by atoms with van der Waals surface area (Å²) in [7, 11) is -3.38. The van der Waals surface area contributed by atoms with Crippen molar-refractivity contribution in [1.82, 2.24) is 9.34 Å². The van der Waals surface area contributed by atoms with Crippen LogP contribution in [0.25, 0.3) is 6.08 Å². The van der Waals surface area contributed by atoms with Crippen LogP contribution >= 0.6 is 7.44 Å². The second-order valence-electron chi connectivity index (χ2n) is 11.4. The number of carbonyl (C=O) groups is 1. The fourth-order valence-electron chi connectivity index (χ4n) is 4.82. The number of carbonyl (C=O) groups excluding carboxylic acids is 1. The molecule has 0 N–H and O–H groups in total. The Morgan fingerprint density at radius 3 is 1.83 bits per heavy atom. The van der Waals surface area contributed by atoms with Gasteiger partial charge in [-0.05, 0) is 35.3 Å². The SMILES string of the molecule is CC(C)(C)CN1[C@@H]2CCCC[C@H]2N(CC(C)(C)C)P1(=O)C(=O)/C=C/c1ccccc1. The van der Waals surface area contributed by atoms with Gasteiger partial charge in [0.05, 0.1) is 0 Å². The summed E-state index contributed by atoms with van der Waals surface area (Å²) in [5.41, 5.74) is 0.672. The first-order valence-corrected chi connectivity index (χ1v) is 12.9. The standard InChI is InChI=1S/C25H39N2O2P/c1-24(2,3)18-26-21-14-10-11-15-22(21)27(19-25(4,5)6)30(26,29)23(28)17-16-20-12-8-7-9-13-20/h7-9,12-13,16-17,21-22H,10-11,14-15,18-19H2,1-6H3/b17-16+/t21-,22-/m1/s1. The van der Waals surface area contributed by atoms with Crippen molar-refractivity contribution in [3.63, 3.8) is 0 Å². The maximum Gasteiger partial charge on any atom is 0.285 e. The summed E-state index contributed by atoms with van der Waals surface area (Å²) < 4.78 is 19.0. The number of hydrogen-bond donors (Lipinski definition) is 0. The Morgan fingerprint density at radius 2 is 1.40 bits per heavy atom. The first-order chi connectivity index (χ1) is 13.9. The molecule has 1 aliphatic heterocycles. The fourth-order valence-corrected chi connectivity index (χ4v) is 8.46. The number of allylic oxidation sites excluding steroid dienone is 1. The highest BCUT2D eigenvalue weighted by Crippen LogP contribution is 2.65. The summed E-state index contributed by atoms with van der Waals surface area (Å²) in [4.78, 5) is 13.6. The zero-order chi connectivity index (χ0) is 22.2. The lowest BCUT2D eigenvalue weighted by atomic mass is 9.87. The maximum atomic E-state index is 14.8. The van der Waals surface area contributed by atoms with Crippen LogP contribution < -0.4 is 0 Å². The Bertz CT molecular complexity index is 784. The Labute approximate surface area is 183 Å². The summed E-state index contributed by atoms with van der Waals surface area (Å²) >= 11 is 0. The predicted octanol–water partition coefficient (Wildman–Crippen LogP) is 6.44. The van der Waals surface area contributed by atoms with E-state index < -0.39 is 7.44 Å². The first kappa shape index (κ1) is 23.4. The molecule has 0 unspecified atom stereocenters. The molecule has 0 amide bonds. The molecule has 1 saturated carbocycles. The van der Waals surface area contributed by atoms with Gasteiger partial charge in [0.2, 0.25) is 5.52 Å². The van der Waals surface area contributed by atoms with Crippen molar-refractivity contribution in [2.75, 3.05) is 13.1 Å². The number of nitrogens with zero attached hydrogens (tertiary/aromatic N) is 2. The molecule has 166 valence electrons. The van der Waals surface area contributed by atoms with Gasteiger partial charge < -0.3 is 0 Å². The molecule has 1 saturated heterocycles. The highest BCUT2D eigenvalue weighted by Gasteiger charge is 2.58. The van der Waals surface area contributed by atoms with E-state index in [1.165, 1.54) is 0 Å². The minimum absolute atomic E-state index is 0.0289. The van der Waals surface area contributed by atoms with E-state index in [-0.39, 0.29) is 28.4 Å². The van der Waals surface area contributed by atoms with Crippen molar-refractivity contribution in [3.8, 4) is 0 Å². The lowest BCUT2D eigenvalue weighted by Crippen LogP contribution is -2.43. The monoisotopic (exact) mass is 430 g/mol. The fraction of sp³-hybridized carbons (Fsp3) is 0.640. The van der Waals surface area contributed by atoms with Gasteiger partial charge >= 0.3 is 0 Å². The topological polar surface area (TPSA) is 40.6 Å². The quantitative estimate of drug-likeness (QED) is 0.398. The van der Waals surface area contributed by atoms with Crippen LogP contribution in [0.3, 0.4) is 0 Å². The van der Waals surface area contributed by atoms with Gasteiger partial charge in [-0.2, -0.15) is 0 Å². The Kier molecular flexibility index (Phi) is 6.82. The van der Waals surface area contributed by atoms with Crippen molar-refractivity contribution in [1.29, 1.82) is 0 Å². The largest absolute Gasteiger partial charge is 0.285 e. The molecule has 0 bridgehead atoms. The molecule has 1 aliphatic carbocycles. The van der Waals surface area contributed by atoms with Gasteiger partial charge in [-0.15, -0.1) is 0 Å². The van der Waals surface area contributed by atoms with Crippen LogP contribution in [0.2, 0.25) is 0 Å². The average Bonchev–Trinajstić information content (AvgIpc) is 2.88. The van der Waals surface area contributed by atoms with Crippen LogP contribution in [0.4, 0.5) is 0 Å². The van der Waals surface area contributed by atoms with E-state index in [1.54, 1.807) is 6.08 Å². The molecular weight excluding hydrogens is 391 g/mol. The van der Waals surface area contributed by atoms with Crippen molar-refractivity contribution in [2.45, 2.75) is 79.3 Å². The molecule has 0 spiro atoms. The molecule has 2 fully saturated rings. The molecule has 3 rings (SSSR count). The molecule has 1 aromatic rings. The van der Waals surface area contributed by atoms with E-state index in [0.29, 0.717) is 13.1 Å². The lowest BCUT2D eigenvalue weighted by Gasteiger charge is -2.36. The van der Waals surface area contributed by atoms with E-state index in [2.05, 4.69) is 50.9 Å². The number of fused-ring (bicyclic) bond motifs is 1. The molecular formula is C25H39N2O2P. The summed E-state index contributed by atoms with van der Waals surface area (Å²) in [5.74, 6) is 0. The van der Waals surface area contributed by atoms with Gasteiger partial charge in [-0.25, -0.2) is 9.34 Å². The molecule has 2 aliphatic rings. The van der Waals surface area contributed by atoms with Crippen LogP contribution in [0.15, 0.2) is 36.4 Å². The van der Waals surface area contributed by atoms with Gasteiger partial charge in [0.25, 0.3) is 7.44 Å². The van der Waals surface area contributed by atoms with Crippen molar-refractivity contribution >= 4 is 19.0 Å². The van der Waals surface area contributed by atoms with Gasteiger partial charge in [-0.3, -0.25) is 9.36 Å². The molecule has 4 nitrogen and oxygen atoms in total. The second kappa shape index (κ2) is 8.73. The molecule has 2 atom stereocenters. The second-order valence-corrected chi connectivity index (χ2v) is 13.9. The van der Waals surface area contributed by atoms with E-state index >= 15 is 0 Å². The Hall–Kier alpha value is -1.22. The van der Waals surface area contributed by atoms with Crippen molar-refractivity contribution in [2.24, 2.45) is 10.8 Å². The third-order valence-corrected chi connectivity index (χ3v) is 8.93. The van der Waals surface area contributed by atoms with Crippen LogP contribution in [0.1, 0.15) is 72.8 Å². The molecule has 1 heterocycles. The normalized spacial score (nSPS) is 25.5.